The molecular weight excluding hydrogens is 408 g/mol. The number of amides is 1. The standard InChI is InChI=1S/C22H29ClN2O3S/c1-7-21(18-10-8-14(2)16(4)12-18)24-22(26)17(5)25(29(6,27)28)19-11-9-15(3)20(23)13-19/h8-13,17,21H,7H2,1-6H3,(H,24,26). The molecule has 2 rings (SSSR count). The number of carbonyl (C=O) groups is 1. The van der Waals surface area contributed by atoms with Gasteiger partial charge in [0.05, 0.1) is 18.0 Å². The molecule has 29 heavy (non-hydrogen) atoms. The van der Waals surface area contributed by atoms with Crippen LogP contribution in [0.3, 0.4) is 0 Å². The Bertz CT molecular complexity index is 1010. The second-order valence-electron chi connectivity index (χ2n) is 7.48. The van der Waals surface area contributed by atoms with Crippen LogP contribution in [0, 0.1) is 20.8 Å². The number of carbonyl (C=O) groups excluding carboxylic acids is 1. The lowest BCUT2D eigenvalue weighted by Crippen LogP contribution is -2.48. The van der Waals surface area contributed by atoms with Crippen LogP contribution in [-0.4, -0.2) is 26.6 Å². The van der Waals surface area contributed by atoms with Gasteiger partial charge < -0.3 is 5.32 Å². The van der Waals surface area contributed by atoms with Gasteiger partial charge in [0.15, 0.2) is 0 Å². The Morgan fingerprint density at radius 3 is 2.21 bits per heavy atom. The summed E-state index contributed by atoms with van der Waals surface area (Å²) in [6, 6.07) is 9.92. The second-order valence-corrected chi connectivity index (χ2v) is 9.75. The number of benzene rings is 2. The predicted octanol–water partition coefficient (Wildman–Crippen LogP) is 4.69. The molecule has 2 aromatic rings. The van der Waals surface area contributed by atoms with Crippen LogP contribution in [0.2, 0.25) is 5.02 Å². The zero-order chi connectivity index (χ0) is 21.9. The minimum absolute atomic E-state index is 0.202. The Morgan fingerprint density at radius 1 is 1.07 bits per heavy atom. The maximum absolute atomic E-state index is 13.0. The SMILES string of the molecule is CCC(NC(=O)C(C)N(c1ccc(C)c(Cl)c1)S(C)(=O)=O)c1ccc(C)c(C)c1. The molecule has 0 saturated carbocycles. The summed E-state index contributed by atoms with van der Waals surface area (Å²) in [5.74, 6) is -0.364. The molecule has 1 N–H and O–H groups in total. The van der Waals surface area contributed by atoms with E-state index in [2.05, 4.69) is 11.4 Å². The van der Waals surface area contributed by atoms with E-state index in [0.717, 1.165) is 27.3 Å². The molecule has 158 valence electrons. The van der Waals surface area contributed by atoms with E-state index < -0.39 is 16.1 Å². The maximum atomic E-state index is 13.0. The van der Waals surface area contributed by atoms with Crippen molar-refractivity contribution in [1.29, 1.82) is 0 Å². The third kappa shape index (κ3) is 5.52. The third-order valence-corrected chi connectivity index (χ3v) is 6.81. The quantitative estimate of drug-likeness (QED) is 0.684. The first kappa shape index (κ1) is 23.2. The van der Waals surface area contributed by atoms with Crippen molar-refractivity contribution in [3.8, 4) is 0 Å². The molecule has 0 radical (unpaired) electrons. The number of nitrogens with zero attached hydrogens (tertiary/aromatic N) is 1. The molecule has 0 heterocycles. The van der Waals surface area contributed by atoms with Crippen LogP contribution in [-0.2, 0) is 14.8 Å². The molecule has 0 fully saturated rings. The average Bonchev–Trinajstić information content (AvgIpc) is 2.63. The van der Waals surface area contributed by atoms with Crippen molar-refractivity contribution in [2.75, 3.05) is 10.6 Å². The normalized spacial score (nSPS) is 13.6. The molecule has 1 amide bonds. The van der Waals surface area contributed by atoms with Crippen molar-refractivity contribution in [3.05, 3.63) is 63.7 Å². The van der Waals surface area contributed by atoms with E-state index in [-0.39, 0.29) is 11.9 Å². The van der Waals surface area contributed by atoms with E-state index in [0.29, 0.717) is 17.1 Å². The van der Waals surface area contributed by atoms with Gasteiger partial charge in [0.2, 0.25) is 15.9 Å². The lowest BCUT2D eigenvalue weighted by atomic mass is 9.99. The maximum Gasteiger partial charge on any atom is 0.244 e. The number of aryl methyl sites for hydroxylation is 3. The second kappa shape index (κ2) is 9.18. The molecular formula is C22H29ClN2O3S. The van der Waals surface area contributed by atoms with Crippen LogP contribution < -0.4 is 9.62 Å². The highest BCUT2D eigenvalue weighted by Crippen LogP contribution is 2.27. The van der Waals surface area contributed by atoms with Gasteiger partial charge >= 0.3 is 0 Å². The summed E-state index contributed by atoms with van der Waals surface area (Å²) >= 11 is 6.18. The topological polar surface area (TPSA) is 66.5 Å². The molecule has 0 saturated heterocycles. The number of hydrogen-bond acceptors (Lipinski definition) is 3. The van der Waals surface area contributed by atoms with Crippen LogP contribution in [0.4, 0.5) is 5.69 Å². The van der Waals surface area contributed by atoms with Crippen LogP contribution in [0.15, 0.2) is 36.4 Å². The summed E-state index contributed by atoms with van der Waals surface area (Å²) < 4.78 is 26.1. The van der Waals surface area contributed by atoms with E-state index in [1.54, 1.807) is 25.1 Å². The first-order chi connectivity index (χ1) is 13.5. The first-order valence-corrected chi connectivity index (χ1v) is 11.8. The molecule has 2 aromatic carbocycles. The van der Waals surface area contributed by atoms with Gasteiger partial charge in [-0.2, -0.15) is 0 Å². The van der Waals surface area contributed by atoms with Gasteiger partial charge in [0.1, 0.15) is 6.04 Å². The summed E-state index contributed by atoms with van der Waals surface area (Å²) in [5.41, 5.74) is 4.53. The Kier molecular flexibility index (Phi) is 7.35. The van der Waals surface area contributed by atoms with E-state index in [1.807, 2.05) is 39.8 Å². The van der Waals surface area contributed by atoms with Gasteiger partial charge in [-0.3, -0.25) is 9.10 Å². The summed E-state index contributed by atoms with van der Waals surface area (Å²) in [7, 11) is -3.70. The Morgan fingerprint density at radius 2 is 1.69 bits per heavy atom. The summed E-state index contributed by atoms with van der Waals surface area (Å²) in [4.78, 5) is 13.0. The smallest absolute Gasteiger partial charge is 0.244 e. The predicted molar refractivity (Wildman–Crippen MR) is 120 cm³/mol. The van der Waals surface area contributed by atoms with Gasteiger partial charge in [-0.25, -0.2) is 8.42 Å². The van der Waals surface area contributed by atoms with Crippen molar-refractivity contribution in [2.24, 2.45) is 0 Å². The van der Waals surface area contributed by atoms with Gasteiger partial charge in [-0.1, -0.05) is 42.8 Å². The highest BCUT2D eigenvalue weighted by atomic mass is 35.5. The van der Waals surface area contributed by atoms with E-state index in [4.69, 9.17) is 11.6 Å². The molecule has 0 aliphatic rings. The summed E-state index contributed by atoms with van der Waals surface area (Å²) in [5, 5.41) is 3.45. The average molecular weight is 437 g/mol. The highest BCUT2D eigenvalue weighted by Gasteiger charge is 2.30. The monoisotopic (exact) mass is 436 g/mol. The lowest BCUT2D eigenvalue weighted by Gasteiger charge is -2.30. The fourth-order valence-corrected chi connectivity index (χ4v) is 4.56. The summed E-state index contributed by atoms with van der Waals surface area (Å²) in [6.07, 6.45) is 1.78. The lowest BCUT2D eigenvalue weighted by molar-refractivity contribution is -0.122. The zero-order valence-corrected chi connectivity index (χ0v) is 19.4. The van der Waals surface area contributed by atoms with Gasteiger partial charge in [-0.15, -0.1) is 0 Å². The van der Waals surface area contributed by atoms with Crippen LogP contribution in [0.5, 0.6) is 0 Å². The van der Waals surface area contributed by atoms with Crippen molar-refractivity contribution >= 4 is 33.2 Å². The van der Waals surface area contributed by atoms with Crippen LogP contribution in [0.1, 0.15) is 48.6 Å². The molecule has 5 nitrogen and oxygen atoms in total. The largest absolute Gasteiger partial charge is 0.347 e. The van der Waals surface area contributed by atoms with Crippen LogP contribution >= 0.6 is 11.6 Å². The zero-order valence-electron chi connectivity index (χ0n) is 17.8. The molecule has 0 spiro atoms. The molecule has 0 aliphatic heterocycles. The number of rotatable bonds is 7. The van der Waals surface area contributed by atoms with E-state index in [1.165, 1.54) is 5.56 Å². The fraction of sp³-hybridized carbons (Fsp3) is 0.409. The van der Waals surface area contributed by atoms with Gasteiger partial charge in [-0.05, 0) is 68.5 Å². The number of halogens is 1. The van der Waals surface area contributed by atoms with E-state index >= 15 is 0 Å². The summed E-state index contributed by atoms with van der Waals surface area (Å²) in [6.45, 7) is 9.47. The third-order valence-electron chi connectivity index (χ3n) is 5.16. The molecule has 0 bridgehead atoms. The van der Waals surface area contributed by atoms with Crippen molar-refractivity contribution < 1.29 is 13.2 Å². The molecule has 2 unspecified atom stereocenters. The van der Waals surface area contributed by atoms with Gasteiger partial charge in [0.25, 0.3) is 0 Å². The van der Waals surface area contributed by atoms with Crippen molar-refractivity contribution in [1.82, 2.24) is 5.32 Å². The Labute approximate surface area is 179 Å². The van der Waals surface area contributed by atoms with Crippen LogP contribution in [0.25, 0.3) is 0 Å². The Hall–Kier alpha value is -2.05. The fourth-order valence-electron chi connectivity index (χ4n) is 3.22. The first-order valence-electron chi connectivity index (χ1n) is 9.58. The number of nitrogens with one attached hydrogen (secondary N) is 1. The minimum Gasteiger partial charge on any atom is -0.347 e. The molecule has 0 aliphatic carbocycles. The van der Waals surface area contributed by atoms with E-state index in [9.17, 15) is 13.2 Å². The Balaban J connectivity index is 2.32. The number of anilines is 1. The van der Waals surface area contributed by atoms with Crippen molar-refractivity contribution in [3.63, 3.8) is 0 Å². The minimum atomic E-state index is -3.70. The molecule has 0 aromatic heterocycles. The highest BCUT2D eigenvalue weighted by molar-refractivity contribution is 7.92. The number of sulfonamides is 1. The molecule has 7 heteroatoms. The number of hydrogen-bond donors (Lipinski definition) is 1. The van der Waals surface area contributed by atoms with Gasteiger partial charge in [0, 0.05) is 5.02 Å². The molecule has 2 atom stereocenters. The van der Waals surface area contributed by atoms with Crippen molar-refractivity contribution in [2.45, 2.75) is 53.1 Å².